The van der Waals surface area contributed by atoms with E-state index >= 15 is 0 Å². The number of carbonyl (C=O) groups excluding carboxylic acids is 1. The van der Waals surface area contributed by atoms with Gasteiger partial charge in [-0.25, -0.2) is 0 Å². The van der Waals surface area contributed by atoms with Crippen molar-refractivity contribution < 1.29 is 10.1 Å². The lowest BCUT2D eigenvalue weighted by atomic mass is 10.1. The smallest absolute Gasteiger partial charge is 0.279 e. The van der Waals surface area contributed by atoms with Gasteiger partial charge in [0.05, 0.1) is 15.7 Å². The van der Waals surface area contributed by atoms with Crippen LogP contribution in [-0.2, 0) is 4.79 Å². The van der Waals surface area contributed by atoms with Crippen LogP contribution in [-0.4, -0.2) is 12.5 Å². The molecule has 0 spiro atoms. The molecule has 1 amide bonds. The first-order valence-corrected chi connectivity index (χ1v) is 8.34. The van der Waals surface area contributed by atoms with Crippen LogP contribution in [0.25, 0.3) is 0 Å². The third kappa shape index (κ3) is 5.11. The minimum Gasteiger partial charge on any atom is -0.332 e. The van der Waals surface area contributed by atoms with E-state index in [9.17, 15) is 4.79 Å². The molecule has 0 aromatic heterocycles. The molecule has 0 aliphatic carbocycles. The summed E-state index contributed by atoms with van der Waals surface area (Å²) >= 11 is 18.2. The van der Waals surface area contributed by atoms with Crippen LogP contribution in [0.15, 0.2) is 36.4 Å². The van der Waals surface area contributed by atoms with Crippen LogP contribution in [0.1, 0.15) is 24.1 Å². The summed E-state index contributed by atoms with van der Waals surface area (Å²) in [5.41, 5.74) is 2.61. The average Bonchev–Trinajstić information content (AvgIpc) is 2.48. The third-order valence-electron chi connectivity index (χ3n) is 3.51. The first kappa shape index (κ1) is 18.1. The van der Waals surface area contributed by atoms with E-state index in [2.05, 4.69) is 5.32 Å². The van der Waals surface area contributed by atoms with Gasteiger partial charge < -0.3 is 10.6 Å². The van der Waals surface area contributed by atoms with Gasteiger partial charge in [-0.1, -0.05) is 46.9 Å². The molecule has 6 heteroatoms. The van der Waals surface area contributed by atoms with E-state index in [1.54, 1.807) is 18.2 Å². The number of hydrogen-bond acceptors (Lipinski definition) is 1. The number of aryl methyl sites for hydroxylation is 1. The quantitative estimate of drug-likeness (QED) is 0.811. The second kappa shape index (κ2) is 8.02. The van der Waals surface area contributed by atoms with Crippen LogP contribution in [0.3, 0.4) is 0 Å². The monoisotopic (exact) mass is 371 g/mol. The Morgan fingerprint density at radius 1 is 1.13 bits per heavy atom. The fraction of sp³-hybridized carbons (Fsp3) is 0.235. The minimum atomic E-state index is -0.118. The Labute approximate surface area is 150 Å². The minimum absolute atomic E-state index is 0.0407. The highest BCUT2D eigenvalue weighted by atomic mass is 35.5. The van der Waals surface area contributed by atoms with Gasteiger partial charge in [-0.3, -0.25) is 4.79 Å². The van der Waals surface area contributed by atoms with E-state index in [0.717, 1.165) is 11.1 Å². The van der Waals surface area contributed by atoms with Crippen LogP contribution >= 0.6 is 34.8 Å². The number of rotatable bonds is 5. The maximum Gasteiger partial charge on any atom is 0.279 e. The lowest BCUT2D eigenvalue weighted by Crippen LogP contribution is -2.86. The van der Waals surface area contributed by atoms with Crippen molar-refractivity contribution in [2.45, 2.75) is 19.9 Å². The predicted octanol–water partition coefficient (Wildman–Crippen LogP) is 4.22. The fourth-order valence-corrected chi connectivity index (χ4v) is 3.07. The lowest BCUT2D eigenvalue weighted by Gasteiger charge is -2.13. The number of amides is 1. The summed E-state index contributed by atoms with van der Waals surface area (Å²) in [7, 11) is 0. The summed E-state index contributed by atoms with van der Waals surface area (Å²) in [5, 5.41) is 6.45. The van der Waals surface area contributed by atoms with Crippen LogP contribution in [0.5, 0.6) is 0 Å². The Balaban J connectivity index is 1.93. The van der Waals surface area contributed by atoms with Gasteiger partial charge in [-0.15, -0.1) is 0 Å². The van der Waals surface area contributed by atoms with Crippen molar-refractivity contribution >= 4 is 46.4 Å². The van der Waals surface area contributed by atoms with Crippen molar-refractivity contribution in [3.63, 3.8) is 0 Å². The van der Waals surface area contributed by atoms with E-state index in [0.29, 0.717) is 20.8 Å². The molecule has 0 aliphatic heterocycles. The molecule has 122 valence electrons. The molecule has 0 heterocycles. The number of hydrogen-bond donors (Lipinski definition) is 2. The van der Waals surface area contributed by atoms with Crippen LogP contribution in [0.2, 0.25) is 15.1 Å². The molecule has 0 bridgehead atoms. The second-order valence-electron chi connectivity index (χ2n) is 5.43. The zero-order valence-electron chi connectivity index (χ0n) is 12.9. The van der Waals surface area contributed by atoms with Gasteiger partial charge in [0, 0.05) is 10.6 Å². The molecule has 0 saturated heterocycles. The van der Waals surface area contributed by atoms with Gasteiger partial charge >= 0.3 is 0 Å². The predicted molar refractivity (Wildman–Crippen MR) is 96.5 cm³/mol. The third-order valence-corrected chi connectivity index (χ3v) is 4.38. The second-order valence-corrected chi connectivity index (χ2v) is 6.68. The molecule has 3 nitrogen and oxygen atoms in total. The van der Waals surface area contributed by atoms with Crippen molar-refractivity contribution in [3.05, 3.63) is 62.6 Å². The highest BCUT2D eigenvalue weighted by molar-refractivity contribution is 6.35. The Morgan fingerprint density at radius 3 is 2.52 bits per heavy atom. The topological polar surface area (TPSA) is 45.7 Å². The maximum absolute atomic E-state index is 12.1. The lowest BCUT2D eigenvalue weighted by molar-refractivity contribution is -0.682. The molecule has 0 aliphatic rings. The Kier molecular flexibility index (Phi) is 6.31. The largest absolute Gasteiger partial charge is 0.332 e. The van der Waals surface area contributed by atoms with Gasteiger partial charge in [-0.05, 0) is 43.7 Å². The molecule has 2 aromatic carbocycles. The molecule has 23 heavy (non-hydrogen) atoms. The van der Waals surface area contributed by atoms with E-state index in [1.807, 2.05) is 37.4 Å². The Bertz CT molecular complexity index is 719. The molecule has 0 fully saturated rings. The van der Waals surface area contributed by atoms with Crippen molar-refractivity contribution in [2.75, 3.05) is 11.9 Å². The summed E-state index contributed by atoms with van der Waals surface area (Å²) in [6.45, 7) is 4.20. The van der Waals surface area contributed by atoms with E-state index in [-0.39, 0.29) is 18.5 Å². The van der Waals surface area contributed by atoms with E-state index in [4.69, 9.17) is 34.8 Å². The zero-order chi connectivity index (χ0) is 17.0. The van der Waals surface area contributed by atoms with Gasteiger partial charge in [0.1, 0.15) is 6.04 Å². The molecule has 0 radical (unpaired) electrons. The van der Waals surface area contributed by atoms with Crippen LogP contribution < -0.4 is 10.6 Å². The number of quaternary nitrogens is 1. The first-order valence-electron chi connectivity index (χ1n) is 7.21. The van der Waals surface area contributed by atoms with Crippen molar-refractivity contribution in [3.8, 4) is 0 Å². The summed E-state index contributed by atoms with van der Waals surface area (Å²) in [6, 6.07) is 10.9. The highest BCUT2D eigenvalue weighted by Gasteiger charge is 2.15. The standard InChI is InChI=1S/C17H17Cl3N2O/c1-10-3-6-16(15(20)7-10)22-17(23)9-21-11(2)13-5-4-12(18)8-14(13)19/h3-8,11,21H,9H2,1-2H3,(H,22,23)/p+1/t11-/m1/s1. The Hall–Kier alpha value is -1.26. The van der Waals surface area contributed by atoms with E-state index in [1.165, 1.54) is 0 Å². The van der Waals surface area contributed by atoms with E-state index < -0.39 is 0 Å². The number of halogens is 3. The summed E-state index contributed by atoms with van der Waals surface area (Å²) in [5.74, 6) is -0.118. The van der Waals surface area contributed by atoms with Gasteiger partial charge in [0.2, 0.25) is 0 Å². The Morgan fingerprint density at radius 2 is 1.87 bits per heavy atom. The molecule has 2 rings (SSSR count). The summed E-state index contributed by atoms with van der Waals surface area (Å²) < 4.78 is 0. The number of nitrogens with one attached hydrogen (secondary N) is 1. The normalized spacial score (nSPS) is 12.0. The van der Waals surface area contributed by atoms with Gasteiger partial charge in [0.15, 0.2) is 6.54 Å². The highest BCUT2D eigenvalue weighted by Crippen LogP contribution is 2.24. The van der Waals surface area contributed by atoms with Crippen molar-refractivity contribution in [1.82, 2.24) is 0 Å². The molecule has 0 unspecified atom stereocenters. The molecule has 3 N–H and O–H groups in total. The van der Waals surface area contributed by atoms with Gasteiger partial charge in [0.25, 0.3) is 5.91 Å². The van der Waals surface area contributed by atoms with Gasteiger partial charge in [-0.2, -0.15) is 0 Å². The number of anilines is 1. The van der Waals surface area contributed by atoms with Crippen molar-refractivity contribution in [1.29, 1.82) is 0 Å². The molecule has 0 saturated carbocycles. The summed E-state index contributed by atoms with van der Waals surface area (Å²) in [6.07, 6.45) is 0. The maximum atomic E-state index is 12.1. The molecular weight excluding hydrogens is 355 g/mol. The number of carbonyl (C=O) groups is 1. The number of nitrogens with two attached hydrogens (primary N) is 1. The zero-order valence-corrected chi connectivity index (χ0v) is 15.1. The molecular formula is C17H18Cl3N2O+. The SMILES string of the molecule is Cc1ccc(NC(=O)C[NH2+][C@H](C)c2ccc(Cl)cc2Cl)c(Cl)c1. The molecule has 1 atom stereocenters. The summed E-state index contributed by atoms with van der Waals surface area (Å²) in [4.78, 5) is 12.1. The average molecular weight is 373 g/mol. The number of benzene rings is 2. The fourth-order valence-electron chi connectivity index (χ4n) is 2.20. The molecule has 2 aromatic rings. The van der Waals surface area contributed by atoms with Crippen LogP contribution in [0.4, 0.5) is 5.69 Å². The van der Waals surface area contributed by atoms with Crippen LogP contribution in [0, 0.1) is 6.92 Å². The van der Waals surface area contributed by atoms with Crippen molar-refractivity contribution in [2.24, 2.45) is 0 Å². The first-order chi connectivity index (χ1) is 10.9.